The molecule has 92 valence electrons. The van der Waals surface area contributed by atoms with Crippen LogP contribution in [0.25, 0.3) is 0 Å². The van der Waals surface area contributed by atoms with E-state index in [0.29, 0.717) is 12.0 Å². The molecule has 0 radical (unpaired) electrons. The average Bonchev–Trinajstić information content (AvgIpc) is 2.86. The summed E-state index contributed by atoms with van der Waals surface area (Å²) in [6.45, 7) is 1.09. The molecule has 1 heterocycles. The Hall–Kier alpha value is -0.860. The maximum absolute atomic E-state index is 11.1. The summed E-state index contributed by atoms with van der Waals surface area (Å²) >= 11 is 0. The van der Waals surface area contributed by atoms with Crippen LogP contribution in [-0.4, -0.2) is 24.7 Å². The Morgan fingerprint density at radius 3 is 2.76 bits per heavy atom. The van der Waals surface area contributed by atoms with Crippen LogP contribution in [-0.2, 0) is 5.60 Å². The number of aliphatic hydroxyl groups is 1. The minimum Gasteiger partial charge on any atom is -0.384 e. The molecule has 17 heavy (non-hydrogen) atoms. The summed E-state index contributed by atoms with van der Waals surface area (Å²) < 4.78 is 0. The van der Waals surface area contributed by atoms with Gasteiger partial charge in [0.25, 0.3) is 0 Å². The summed E-state index contributed by atoms with van der Waals surface area (Å²) in [4.78, 5) is 1.62. The summed E-state index contributed by atoms with van der Waals surface area (Å²) in [7, 11) is 2.29. The summed E-state index contributed by atoms with van der Waals surface area (Å²) in [5.41, 5.74) is 0.562. The van der Waals surface area contributed by atoms with E-state index in [9.17, 15) is 5.11 Å². The number of piperidine rings is 1. The number of fused-ring (bicyclic) bond motifs is 1. The van der Waals surface area contributed by atoms with Gasteiger partial charge in [-0.3, -0.25) is 0 Å². The zero-order valence-corrected chi connectivity index (χ0v) is 10.5. The van der Waals surface area contributed by atoms with Gasteiger partial charge in [0, 0.05) is 12.3 Å². The Morgan fingerprint density at radius 1 is 1.24 bits per heavy atom. The molecule has 0 bridgehead atoms. The first-order valence-corrected chi connectivity index (χ1v) is 6.82. The lowest BCUT2D eigenvalue weighted by molar-refractivity contribution is -0.918. The molecule has 2 aliphatic rings. The molecule has 1 aliphatic carbocycles. The smallest absolute Gasteiger partial charge is 0.103 e. The van der Waals surface area contributed by atoms with Gasteiger partial charge in [-0.25, -0.2) is 0 Å². The number of likely N-dealkylation sites (tertiary alicyclic amines) is 1. The lowest BCUT2D eigenvalue weighted by Crippen LogP contribution is -3.15. The van der Waals surface area contributed by atoms with Crippen LogP contribution in [0.4, 0.5) is 0 Å². The van der Waals surface area contributed by atoms with E-state index in [4.69, 9.17) is 0 Å². The van der Waals surface area contributed by atoms with Crippen molar-refractivity contribution in [3.8, 4) is 0 Å². The standard InChI is InChI=1S/C15H21NO/c1-16-11-10-15(17,12-6-3-2-4-7-12)13-8-5-9-14(13)16/h2-4,6-7,13-14,17H,5,8-11H2,1H3/p+1/t13-,14-,15-/m0/s1. The fourth-order valence-electron chi connectivity index (χ4n) is 3.97. The van der Waals surface area contributed by atoms with Gasteiger partial charge in [-0.15, -0.1) is 0 Å². The second kappa shape index (κ2) is 4.11. The largest absolute Gasteiger partial charge is 0.384 e. The van der Waals surface area contributed by atoms with Crippen LogP contribution in [0, 0.1) is 5.92 Å². The molecule has 2 nitrogen and oxygen atoms in total. The van der Waals surface area contributed by atoms with Gasteiger partial charge in [-0.2, -0.15) is 0 Å². The number of nitrogens with one attached hydrogen (secondary N) is 1. The maximum Gasteiger partial charge on any atom is 0.103 e. The summed E-state index contributed by atoms with van der Waals surface area (Å²) in [6.07, 6.45) is 4.66. The molecular weight excluding hydrogens is 210 g/mol. The first kappa shape index (κ1) is 11.2. The molecular formula is C15H22NO+. The minimum atomic E-state index is -0.568. The molecule has 1 aliphatic heterocycles. The second-order valence-electron chi connectivity index (χ2n) is 5.78. The van der Waals surface area contributed by atoms with Crippen LogP contribution in [0.2, 0.25) is 0 Å². The van der Waals surface area contributed by atoms with Crippen LogP contribution < -0.4 is 4.90 Å². The van der Waals surface area contributed by atoms with Crippen molar-refractivity contribution < 1.29 is 10.0 Å². The predicted octanol–water partition coefficient (Wildman–Crippen LogP) is 0.961. The average molecular weight is 232 g/mol. The molecule has 2 fully saturated rings. The van der Waals surface area contributed by atoms with E-state index in [1.165, 1.54) is 19.3 Å². The molecule has 3 rings (SSSR count). The highest BCUT2D eigenvalue weighted by Gasteiger charge is 2.51. The van der Waals surface area contributed by atoms with E-state index in [0.717, 1.165) is 18.5 Å². The van der Waals surface area contributed by atoms with E-state index in [1.807, 2.05) is 18.2 Å². The van der Waals surface area contributed by atoms with Gasteiger partial charge < -0.3 is 10.0 Å². The second-order valence-corrected chi connectivity index (χ2v) is 5.78. The van der Waals surface area contributed by atoms with Crippen molar-refractivity contribution in [3.05, 3.63) is 35.9 Å². The van der Waals surface area contributed by atoms with Crippen molar-refractivity contribution in [1.29, 1.82) is 0 Å². The summed E-state index contributed by atoms with van der Waals surface area (Å²) in [5.74, 6) is 0.457. The summed E-state index contributed by atoms with van der Waals surface area (Å²) in [5, 5.41) is 11.1. The molecule has 1 saturated carbocycles. The third kappa shape index (κ3) is 1.71. The van der Waals surface area contributed by atoms with Crippen LogP contribution in [0.1, 0.15) is 31.2 Å². The monoisotopic (exact) mass is 232 g/mol. The predicted molar refractivity (Wildman–Crippen MR) is 67.8 cm³/mol. The first-order chi connectivity index (χ1) is 8.22. The lowest BCUT2D eigenvalue weighted by atomic mass is 9.73. The van der Waals surface area contributed by atoms with Gasteiger partial charge in [-0.1, -0.05) is 30.3 Å². The normalized spacial score (nSPS) is 41.2. The Morgan fingerprint density at radius 2 is 2.00 bits per heavy atom. The van der Waals surface area contributed by atoms with Crippen molar-refractivity contribution >= 4 is 0 Å². The van der Waals surface area contributed by atoms with Crippen molar-refractivity contribution in [2.24, 2.45) is 5.92 Å². The number of rotatable bonds is 1. The van der Waals surface area contributed by atoms with Crippen molar-refractivity contribution in [3.63, 3.8) is 0 Å². The van der Waals surface area contributed by atoms with Crippen molar-refractivity contribution in [2.75, 3.05) is 13.6 Å². The molecule has 1 unspecified atom stereocenters. The lowest BCUT2D eigenvalue weighted by Gasteiger charge is -2.44. The number of hydrogen-bond donors (Lipinski definition) is 2. The molecule has 4 atom stereocenters. The van der Waals surface area contributed by atoms with E-state index in [1.54, 1.807) is 4.90 Å². The maximum atomic E-state index is 11.1. The Balaban J connectivity index is 1.97. The molecule has 1 aromatic rings. The topological polar surface area (TPSA) is 24.7 Å². The van der Waals surface area contributed by atoms with Crippen molar-refractivity contribution in [1.82, 2.24) is 0 Å². The molecule has 0 aromatic heterocycles. The molecule has 0 amide bonds. The Kier molecular flexibility index (Phi) is 2.72. The Labute approximate surface area is 103 Å². The van der Waals surface area contributed by atoms with E-state index in [2.05, 4.69) is 19.2 Å². The summed E-state index contributed by atoms with van der Waals surface area (Å²) in [6, 6.07) is 11.0. The first-order valence-electron chi connectivity index (χ1n) is 6.82. The number of quaternary nitrogens is 1. The van der Waals surface area contributed by atoms with Gasteiger partial charge in [-0.05, 0) is 24.8 Å². The third-order valence-electron chi connectivity index (χ3n) is 4.94. The molecule has 1 saturated heterocycles. The minimum absolute atomic E-state index is 0.457. The highest BCUT2D eigenvalue weighted by atomic mass is 16.3. The van der Waals surface area contributed by atoms with E-state index < -0.39 is 5.60 Å². The van der Waals surface area contributed by atoms with Crippen LogP contribution >= 0.6 is 0 Å². The highest BCUT2D eigenvalue weighted by molar-refractivity contribution is 5.24. The van der Waals surface area contributed by atoms with E-state index >= 15 is 0 Å². The zero-order valence-electron chi connectivity index (χ0n) is 10.5. The van der Waals surface area contributed by atoms with Gasteiger partial charge in [0.05, 0.1) is 19.6 Å². The van der Waals surface area contributed by atoms with Crippen LogP contribution in [0.15, 0.2) is 30.3 Å². The van der Waals surface area contributed by atoms with Gasteiger partial charge >= 0.3 is 0 Å². The fraction of sp³-hybridized carbons (Fsp3) is 0.600. The van der Waals surface area contributed by atoms with Gasteiger partial charge in [0.15, 0.2) is 0 Å². The third-order valence-corrected chi connectivity index (χ3v) is 4.94. The molecule has 2 heteroatoms. The SMILES string of the molecule is C[NH+]1CC[C@](O)(c2ccccc2)[C@H]2CCC[C@@H]21. The molecule has 2 N–H and O–H groups in total. The Bertz CT molecular complexity index is 391. The number of hydrogen-bond acceptors (Lipinski definition) is 1. The highest BCUT2D eigenvalue weighted by Crippen LogP contribution is 2.43. The van der Waals surface area contributed by atoms with Gasteiger partial charge in [0.2, 0.25) is 0 Å². The van der Waals surface area contributed by atoms with Crippen molar-refractivity contribution in [2.45, 2.75) is 37.3 Å². The fourth-order valence-corrected chi connectivity index (χ4v) is 3.97. The molecule has 0 spiro atoms. The van der Waals surface area contributed by atoms with Crippen LogP contribution in [0.5, 0.6) is 0 Å². The van der Waals surface area contributed by atoms with E-state index in [-0.39, 0.29) is 0 Å². The van der Waals surface area contributed by atoms with Gasteiger partial charge in [0.1, 0.15) is 5.60 Å². The molecule has 1 aromatic carbocycles. The zero-order chi connectivity index (χ0) is 11.9. The van der Waals surface area contributed by atoms with Crippen LogP contribution in [0.3, 0.4) is 0 Å². The quantitative estimate of drug-likeness (QED) is 0.741. The number of benzene rings is 1.